The smallest absolute Gasteiger partial charge is 0.123 e. The molecule has 4 aliphatic rings. The highest BCUT2D eigenvalue weighted by Crippen LogP contribution is 2.25. The molecule has 0 amide bonds. The van der Waals surface area contributed by atoms with Gasteiger partial charge >= 0.3 is 0 Å². The Kier molecular flexibility index (Phi) is 6.10. The first-order valence-corrected chi connectivity index (χ1v) is 10.3. The molecule has 1 N–H and O–H groups in total. The van der Waals surface area contributed by atoms with Gasteiger partial charge in [-0.1, -0.05) is 18.2 Å². The monoisotopic (exact) mass is 358 g/mol. The molecule has 5 rings (SSSR count). The minimum absolute atomic E-state index is 0.680. The van der Waals surface area contributed by atoms with Crippen LogP contribution in [0.15, 0.2) is 24.3 Å². The van der Waals surface area contributed by atoms with Gasteiger partial charge in [0.25, 0.3) is 0 Å². The van der Waals surface area contributed by atoms with E-state index in [4.69, 9.17) is 4.74 Å². The summed E-state index contributed by atoms with van der Waals surface area (Å²) < 4.78 is 6.21. The van der Waals surface area contributed by atoms with E-state index in [0.29, 0.717) is 6.04 Å². The van der Waals surface area contributed by atoms with Crippen LogP contribution in [-0.2, 0) is 6.54 Å². The van der Waals surface area contributed by atoms with Crippen molar-refractivity contribution in [2.75, 3.05) is 66.0 Å². The Labute approximate surface area is 158 Å². The second kappa shape index (κ2) is 8.70. The first kappa shape index (κ1) is 18.2. The minimum atomic E-state index is 0.680. The highest BCUT2D eigenvalue weighted by Gasteiger charge is 2.29. The average Bonchev–Trinajstić information content (AvgIpc) is 2.97. The third-order valence-corrected chi connectivity index (χ3v) is 6.24. The zero-order valence-corrected chi connectivity index (χ0v) is 16.2. The van der Waals surface area contributed by atoms with Gasteiger partial charge in [-0.3, -0.25) is 9.80 Å². The maximum absolute atomic E-state index is 6.21. The van der Waals surface area contributed by atoms with E-state index in [1.54, 1.807) is 0 Å². The van der Waals surface area contributed by atoms with Gasteiger partial charge in [-0.05, 0) is 38.4 Å². The molecule has 0 radical (unpaired) electrons. The molecule has 0 saturated carbocycles. The van der Waals surface area contributed by atoms with Crippen molar-refractivity contribution in [3.8, 4) is 5.75 Å². The summed E-state index contributed by atoms with van der Waals surface area (Å²) in [5.41, 5.74) is 1.34. The number of piperidine rings is 1. The number of hydrogen-bond acceptors (Lipinski definition) is 5. The number of hydrogen-bond donors (Lipinski definition) is 1. The molecule has 2 bridgehead atoms. The van der Waals surface area contributed by atoms with E-state index in [-0.39, 0.29) is 0 Å². The number of nitrogens with one attached hydrogen (secondary N) is 1. The molecular formula is C21H34N4O. The lowest BCUT2D eigenvalue weighted by atomic mass is 9.97. The highest BCUT2D eigenvalue weighted by atomic mass is 16.5. The fourth-order valence-corrected chi connectivity index (χ4v) is 4.54. The molecule has 4 fully saturated rings. The van der Waals surface area contributed by atoms with Crippen molar-refractivity contribution in [3.63, 3.8) is 0 Å². The lowest BCUT2D eigenvalue weighted by molar-refractivity contribution is 0.133. The minimum Gasteiger partial charge on any atom is -0.492 e. The molecule has 4 heterocycles. The number of piperazine rings is 1. The number of fused-ring (bicyclic) bond motifs is 4. The van der Waals surface area contributed by atoms with Crippen LogP contribution in [0.2, 0.25) is 0 Å². The molecular weight excluding hydrogens is 324 g/mol. The fraction of sp³-hybridized carbons (Fsp3) is 0.714. The van der Waals surface area contributed by atoms with Gasteiger partial charge in [0.2, 0.25) is 0 Å². The van der Waals surface area contributed by atoms with E-state index in [9.17, 15) is 0 Å². The molecule has 4 aliphatic heterocycles. The van der Waals surface area contributed by atoms with E-state index >= 15 is 0 Å². The summed E-state index contributed by atoms with van der Waals surface area (Å²) in [7, 11) is 2.20. The van der Waals surface area contributed by atoms with Crippen LogP contribution in [-0.4, -0.2) is 86.8 Å². The van der Waals surface area contributed by atoms with Gasteiger partial charge in [0.05, 0.1) is 0 Å². The van der Waals surface area contributed by atoms with Gasteiger partial charge in [-0.2, -0.15) is 0 Å². The SMILES string of the molecule is CN1CCN(CCOc2ccccc2CN2CC3CCC(C2)NC3)CC1. The molecule has 144 valence electrons. The van der Waals surface area contributed by atoms with Crippen molar-refractivity contribution in [3.05, 3.63) is 29.8 Å². The highest BCUT2D eigenvalue weighted by molar-refractivity contribution is 5.33. The summed E-state index contributed by atoms with van der Waals surface area (Å²) in [6, 6.07) is 9.31. The maximum Gasteiger partial charge on any atom is 0.123 e. The van der Waals surface area contributed by atoms with Crippen molar-refractivity contribution in [1.82, 2.24) is 20.0 Å². The molecule has 2 atom stereocenters. The summed E-state index contributed by atoms with van der Waals surface area (Å²) in [6.45, 7) is 11.1. The molecule has 4 saturated heterocycles. The lowest BCUT2D eigenvalue weighted by Crippen LogP contribution is -2.45. The van der Waals surface area contributed by atoms with Crippen LogP contribution in [0.25, 0.3) is 0 Å². The second-order valence-electron chi connectivity index (χ2n) is 8.34. The van der Waals surface area contributed by atoms with Crippen molar-refractivity contribution in [1.29, 1.82) is 0 Å². The van der Waals surface area contributed by atoms with E-state index < -0.39 is 0 Å². The number of para-hydroxylation sites is 1. The topological polar surface area (TPSA) is 31.0 Å². The molecule has 1 aromatic rings. The summed E-state index contributed by atoms with van der Waals surface area (Å²) in [4.78, 5) is 7.54. The van der Waals surface area contributed by atoms with Gasteiger partial charge in [0, 0.05) is 64.0 Å². The van der Waals surface area contributed by atoms with Crippen LogP contribution in [0.3, 0.4) is 0 Å². The van der Waals surface area contributed by atoms with E-state index in [0.717, 1.165) is 44.5 Å². The second-order valence-corrected chi connectivity index (χ2v) is 8.34. The standard InChI is InChI=1S/C21H34N4O/c1-23-8-10-24(11-9-23)12-13-26-21-5-3-2-4-19(21)16-25-15-18-6-7-20(17-25)22-14-18/h2-5,18,20,22H,6-17H2,1H3. The zero-order chi connectivity index (χ0) is 17.8. The van der Waals surface area contributed by atoms with Gasteiger partial charge in [-0.25, -0.2) is 0 Å². The summed E-state index contributed by atoms with van der Waals surface area (Å²) >= 11 is 0. The number of likely N-dealkylation sites (N-methyl/N-ethyl adjacent to an activating group) is 1. The molecule has 0 aliphatic carbocycles. The molecule has 2 unspecified atom stereocenters. The quantitative estimate of drug-likeness (QED) is 0.833. The maximum atomic E-state index is 6.21. The Balaban J connectivity index is 1.30. The normalized spacial score (nSPS) is 28.2. The van der Waals surface area contributed by atoms with Crippen LogP contribution in [0.4, 0.5) is 0 Å². The molecule has 26 heavy (non-hydrogen) atoms. The van der Waals surface area contributed by atoms with E-state index in [2.05, 4.69) is 51.3 Å². The molecule has 0 aromatic heterocycles. The van der Waals surface area contributed by atoms with Crippen molar-refractivity contribution >= 4 is 0 Å². The summed E-state index contributed by atoms with van der Waals surface area (Å²) in [5, 5.41) is 3.70. The van der Waals surface area contributed by atoms with Gasteiger partial charge in [0.1, 0.15) is 12.4 Å². The fourth-order valence-electron chi connectivity index (χ4n) is 4.54. The number of nitrogens with zero attached hydrogens (tertiary/aromatic N) is 3. The van der Waals surface area contributed by atoms with Crippen molar-refractivity contribution in [2.45, 2.75) is 25.4 Å². The molecule has 5 nitrogen and oxygen atoms in total. The predicted octanol–water partition coefficient (Wildman–Crippen LogP) is 1.50. The van der Waals surface area contributed by atoms with Crippen LogP contribution < -0.4 is 10.1 Å². The summed E-state index contributed by atoms with van der Waals surface area (Å²) in [5.74, 6) is 1.89. The Bertz CT molecular complexity index is 551. The predicted molar refractivity (Wildman–Crippen MR) is 106 cm³/mol. The third kappa shape index (κ3) is 4.77. The largest absolute Gasteiger partial charge is 0.492 e. The van der Waals surface area contributed by atoms with Crippen molar-refractivity contribution < 1.29 is 4.74 Å². The van der Waals surface area contributed by atoms with Gasteiger partial charge in [-0.15, -0.1) is 0 Å². The number of rotatable bonds is 6. The molecule has 0 spiro atoms. The zero-order valence-electron chi connectivity index (χ0n) is 16.2. The van der Waals surface area contributed by atoms with Crippen LogP contribution in [0.1, 0.15) is 18.4 Å². The number of ether oxygens (including phenoxy) is 1. The van der Waals surface area contributed by atoms with Crippen LogP contribution in [0, 0.1) is 5.92 Å². The number of benzene rings is 1. The Morgan fingerprint density at radius 2 is 1.88 bits per heavy atom. The lowest BCUT2D eigenvalue weighted by Gasteiger charge is -2.32. The first-order valence-electron chi connectivity index (χ1n) is 10.3. The average molecular weight is 359 g/mol. The Morgan fingerprint density at radius 3 is 2.69 bits per heavy atom. The van der Waals surface area contributed by atoms with Crippen LogP contribution in [0.5, 0.6) is 5.75 Å². The van der Waals surface area contributed by atoms with Crippen LogP contribution >= 0.6 is 0 Å². The first-order chi connectivity index (χ1) is 12.8. The van der Waals surface area contributed by atoms with Gasteiger partial charge < -0.3 is 15.0 Å². The Hall–Kier alpha value is -1.14. The third-order valence-electron chi connectivity index (χ3n) is 6.24. The molecule has 1 aromatic carbocycles. The summed E-state index contributed by atoms with van der Waals surface area (Å²) in [6.07, 6.45) is 2.72. The Morgan fingerprint density at radius 1 is 1.04 bits per heavy atom. The molecule has 5 heteroatoms. The van der Waals surface area contributed by atoms with Crippen molar-refractivity contribution in [2.24, 2.45) is 5.92 Å². The van der Waals surface area contributed by atoms with E-state index in [1.165, 1.54) is 51.1 Å². The van der Waals surface area contributed by atoms with Gasteiger partial charge in [0.15, 0.2) is 0 Å². The van der Waals surface area contributed by atoms with E-state index in [1.807, 2.05) is 0 Å².